The third-order valence-electron chi connectivity index (χ3n) is 3.13. The Morgan fingerprint density at radius 3 is 2.67 bits per heavy atom. The van der Waals surface area contributed by atoms with Crippen LogP contribution in [-0.4, -0.2) is 30.6 Å². The number of imide groups is 1. The number of benzene rings is 1. The molecule has 1 aromatic carbocycles. The maximum atomic E-state index is 11.9. The number of ether oxygens (including phenoxy) is 2. The van der Waals surface area contributed by atoms with E-state index in [1.807, 2.05) is 5.32 Å². The monoisotopic (exact) mass is 414 g/mol. The number of nitrogens with one attached hydrogen (secondary N) is 2. The molecule has 10 heteroatoms. The SMILES string of the molecule is C[C@@H](Oc1ccc(Cl)cc1Cl)C(=O)OCC(=O)NC(=O)NCc1ccco1. The third-order valence-corrected chi connectivity index (χ3v) is 3.66. The summed E-state index contributed by atoms with van der Waals surface area (Å²) < 4.78 is 15.2. The predicted octanol–water partition coefficient (Wildman–Crippen LogP) is 2.92. The molecule has 0 saturated heterocycles. The number of furan rings is 1. The lowest BCUT2D eigenvalue weighted by atomic mass is 10.3. The molecular weight excluding hydrogens is 399 g/mol. The summed E-state index contributed by atoms with van der Waals surface area (Å²) in [6, 6.07) is 7.11. The van der Waals surface area contributed by atoms with Gasteiger partial charge in [0, 0.05) is 5.02 Å². The van der Waals surface area contributed by atoms with Crippen molar-refractivity contribution in [1.29, 1.82) is 0 Å². The van der Waals surface area contributed by atoms with Crippen LogP contribution in [0.1, 0.15) is 12.7 Å². The Morgan fingerprint density at radius 1 is 1.22 bits per heavy atom. The molecule has 0 aliphatic heterocycles. The second kappa shape index (κ2) is 9.84. The van der Waals surface area contributed by atoms with Gasteiger partial charge in [0.05, 0.1) is 17.8 Å². The van der Waals surface area contributed by atoms with Gasteiger partial charge >= 0.3 is 12.0 Å². The summed E-state index contributed by atoms with van der Waals surface area (Å²) in [5.74, 6) is -0.827. The van der Waals surface area contributed by atoms with Crippen molar-refractivity contribution in [3.05, 3.63) is 52.4 Å². The first-order valence-electron chi connectivity index (χ1n) is 7.73. The number of rotatable bonds is 7. The van der Waals surface area contributed by atoms with Crippen LogP contribution in [0.15, 0.2) is 41.0 Å². The molecule has 144 valence electrons. The fourth-order valence-electron chi connectivity index (χ4n) is 1.85. The molecule has 3 amide bonds. The number of urea groups is 1. The lowest BCUT2D eigenvalue weighted by molar-refractivity contribution is -0.154. The van der Waals surface area contributed by atoms with Crippen LogP contribution >= 0.6 is 23.2 Å². The number of esters is 1. The van der Waals surface area contributed by atoms with Gasteiger partial charge in [0.25, 0.3) is 5.91 Å². The van der Waals surface area contributed by atoms with E-state index in [-0.39, 0.29) is 17.3 Å². The first kappa shape index (κ1) is 20.6. The lowest BCUT2D eigenvalue weighted by Gasteiger charge is -2.15. The first-order valence-corrected chi connectivity index (χ1v) is 8.49. The predicted molar refractivity (Wildman–Crippen MR) is 96.6 cm³/mol. The molecule has 8 nitrogen and oxygen atoms in total. The van der Waals surface area contributed by atoms with Crippen molar-refractivity contribution >= 4 is 41.1 Å². The van der Waals surface area contributed by atoms with Crippen LogP contribution in [0.3, 0.4) is 0 Å². The number of carbonyl (C=O) groups is 3. The van der Waals surface area contributed by atoms with Crippen LogP contribution in [0.5, 0.6) is 5.75 Å². The minimum atomic E-state index is -1.02. The Morgan fingerprint density at radius 2 is 2.00 bits per heavy atom. The van der Waals surface area contributed by atoms with E-state index in [0.717, 1.165) is 0 Å². The molecule has 0 aliphatic rings. The normalized spacial score (nSPS) is 11.4. The standard InChI is InChI=1S/C17H16Cl2N2O6/c1-10(27-14-5-4-11(18)7-13(14)19)16(23)26-9-15(22)21-17(24)20-8-12-3-2-6-25-12/h2-7,10H,8-9H2,1H3,(H2,20,21,22,24)/t10-/m1/s1. The largest absolute Gasteiger partial charge is 0.477 e. The molecule has 2 N–H and O–H groups in total. The summed E-state index contributed by atoms with van der Waals surface area (Å²) in [5.41, 5.74) is 0. The van der Waals surface area contributed by atoms with Gasteiger partial charge in [-0.1, -0.05) is 23.2 Å². The number of hydrogen-bond donors (Lipinski definition) is 2. The quantitative estimate of drug-likeness (QED) is 0.674. The van der Waals surface area contributed by atoms with Gasteiger partial charge in [0.2, 0.25) is 0 Å². The zero-order valence-electron chi connectivity index (χ0n) is 14.2. The van der Waals surface area contributed by atoms with Gasteiger partial charge in [-0.2, -0.15) is 0 Å². The van der Waals surface area contributed by atoms with Crippen molar-refractivity contribution in [2.24, 2.45) is 0 Å². The average molecular weight is 415 g/mol. The second-order valence-corrected chi connectivity index (χ2v) is 6.10. The summed E-state index contributed by atoms with van der Waals surface area (Å²) in [5, 5.41) is 5.08. The average Bonchev–Trinajstić information content (AvgIpc) is 3.13. The van der Waals surface area contributed by atoms with Crippen LogP contribution in [0, 0.1) is 0 Å². The summed E-state index contributed by atoms with van der Waals surface area (Å²) in [4.78, 5) is 35.1. The molecule has 0 fully saturated rings. The summed E-state index contributed by atoms with van der Waals surface area (Å²) in [6.45, 7) is 0.898. The van der Waals surface area contributed by atoms with Crippen molar-refractivity contribution < 1.29 is 28.3 Å². The van der Waals surface area contributed by atoms with E-state index < -0.39 is 30.6 Å². The molecule has 0 bridgehead atoms. The molecule has 0 spiro atoms. The highest BCUT2D eigenvalue weighted by Crippen LogP contribution is 2.28. The highest BCUT2D eigenvalue weighted by atomic mass is 35.5. The molecule has 1 heterocycles. The maximum absolute atomic E-state index is 11.9. The van der Waals surface area contributed by atoms with E-state index in [1.54, 1.807) is 18.2 Å². The van der Waals surface area contributed by atoms with Crippen LogP contribution in [0.25, 0.3) is 0 Å². The molecule has 27 heavy (non-hydrogen) atoms. The summed E-state index contributed by atoms with van der Waals surface area (Å²) >= 11 is 11.7. The van der Waals surface area contributed by atoms with Crippen LogP contribution < -0.4 is 15.4 Å². The Balaban J connectivity index is 1.71. The van der Waals surface area contributed by atoms with Crippen molar-refractivity contribution in [2.75, 3.05) is 6.61 Å². The zero-order valence-corrected chi connectivity index (χ0v) is 15.7. The second-order valence-electron chi connectivity index (χ2n) is 5.25. The minimum Gasteiger partial charge on any atom is -0.477 e. The lowest BCUT2D eigenvalue weighted by Crippen LogP contribution is -2.41. The molecular formula is C17H16Cl2N2O6. The first-order chi connectivity index (χ1) is 12.8. The van der Waals surface area contributed by atoms with Gasteiger partial charge in [0.15, 0.2) is 12.7 Å². The molecule has 0 aliphatic carbocycles. The Kier molecular flexibility index (Phi) is 7.51. The highest BCUT2D eigenvalue weighted by Gasteiger charge is 2.19. The molecule has 0 saturated carbocycles. The van der Waals surface area contributed by atoms with Crippen LogP contribution in [0.4, 0.5) is 4.79 Å². The van der Waals surface area contributed by atoms with Crippen molar-refractivity contribution in [2.45, 2.75) is 19.6 Å². The fraction of sp³-hybridized carbons (Fsp3) is 0.235. The topological polar surface area (TPSA) is 107 Å². The van der Waals surface area contributed by atoms with Gasteiger partial charge in [-0.05, 0) is 37.3 Å². The van der Waals surface area contributed by atoms with E-state index in [2.05, 4.69) is 5.32 Å². The van der Waals surface area contributed by atoms with E-state index in [4.69, 9.17) is 37.1 Å². The van der Waals surface area contributed by atoms with E-state index in [0.29, 0.717) is 10.8 Å². The molecule has 0 unspecified atom stereocenters. The van der Waals surface area contributed by atoms with Gasteiger partial charge in [-0.3, -0.25) is 10.1 Å². The number of amides is 3. The summed E-state index contributed by atoms with van der Waals surface area (Å²) in [7, 11) is 0. The van der Waals surface area contributed by atoms with Crippen molar-refractivity contribution in [3.63, 3.8) is 0 Å². The van der Waals surface area contributed by atoms with Crippen LogP contribution in [0.2, 0.25) is 10.0 Å². The molecule has 2 aromatic rings. The molecule has 1 atom stereocenters. The van der Waals surface area contributed by atoms with Crippen LogP contribution in [-0.2, 0) is 20.9 Å². The van der Waals surface area contributed by atoms with Gasteiger partial charge in [-0.15, -0.1) is 0 Å². The number of carbonyl (C=O) groups excluding carboxylic acids is 3. The Labute approximate surface area is 164 Å². The Bertz CT molecular complexity index is 810. The number of hydrogen-bond acceptors (Lipinski definition) is 6. The molecule has 0 radical (unpaired) electrons. The Hall–Kier alpha value is -2.71. The molecule has 1 aromatic heterocycles. The van der Waals surface area contributed by atoms with Crippen molar-refractivity contribution in [3.8, 4) is 5.75 Å². The maximum Gasteiger partial charge on any atom is 0.347 e. The number of halogens is 2. The third kappa shape index (κ3) is 6.84. The minimum absolute atomic E-state index is 0.110. The van der Waals surface area contributed by atoms with Gasteiger partial charge in [-0.25, -0.2) is 9.59 Å². The highest BCUT2D eigenvalue weighted by molar-refractivity contribution is 6.35. The summed E-state index contributed by atoms with van der Waals surface area (Å²) in [6.07, 6.45) is 0.434. The fourth-order valence-corrected chi connectivity index (χ4v) is 2.30. The van der Waals surface area contributed by atoms with Gasteiger partial charge in [0.1, 0.15) is 11.5 Å². The van der Waals surface area contributed by atoms with E-state index >= 15 is 0 Å². The molecule has 2 rings (SSSR count). The zero-order chi connectivity index (χ0) is 19.8. The van der Waals surface area contributed by atoms with Crippen molar-refractivity contribution in [1.82, 2.24) is 10.6 Å². The van der Waals surface area contributed by atoms with Gasteiger partial charge < -0.3 is 19.2 Å². The van der Waals surface area contributed by atoms with E-state index in [1.165, 1.54) is 25.3 Å². The van der Waals surface area contributed by atoms with E-state index in [9.17, 15) is 14.4 Å². The smallest absolute Gasteiger partial charge is 0.347 e.